The molecule has 6 nitrogen and oxygen atoms in total. The Morgan fingerprint density at radius 1 is 1.40 bits per heavy atom. The molecule has 6 heteroatoms. The van der Waals surface area contributed by atoms with Crippen molar-refractivity contribution in [1.29, 1.82) is 0 Å². The smallest absolute Gasteiger partial charge is 0.253 e. The highest BCUT2D eigenvalue weighted by Crippen LogP contribution is 2.14. The molecule has 1 aromatic heterocycles. The largest absolute Gasteiger partial charge is 0.374 e. The van der Waals surface area contributed by atoms with Gasteiger partial charge in [-0.15, -0.1) is 0 Å². The molecule has 0 radical (unpaired) electrons. The fraction of sp³-hybridized carbons (Fsp3) is 0.474. The molecule has 1 aliphatic heterocycles. The number of carbonyl (C=O) groups is 1. The molecule has 2 aromatic rings. The first kappa shape index (κ1) is 17.6. The van der Waals surface area contributed by atoms with Crippen LogP contribution in [0.1, 0.15) is 21.5 Å². The number of nitrogens with zero attached hydrogens (tertiary/aromatic N) is 4. The number of hydrogen-bond donors (Lipinski definition) is 0. The van der Waals surface area contributed by atoms with Crippen molar-refractivity contribution >= 4 is 5.91 Å². The number of aromatic nitrogens is 2. The third-order valence-electron chi connectivity index (χ3n) is 4.36. The Kier molecular flexibility index (Phi) is 5.50. The highest BCUT2D eigenvalue weighted by Gasteiger charge is 2.21. The number of rotatable bonds is 5. The van der Waals surface area contributed by atoms with Gasteiger partial charge < -0.3 is 9.64 Å². The van der Waals surface area contributed by atoms with E-state index in [2.05, 4.69) is 16.1 Å². The van der Waals surface area contributed by atoms with Crippen LogP contribution in [0.2, 0.25) is 0 Å². The molecule has 1 aliphatic rings. The Hall–Kier alpha value is -2.18. The predicted molar refractivity (Wildman–Crippen MR) is 96.4 cm³/mol. The number of amides is 1. The fourth-order valence-corrected chi connectivity index (χ4v) is 3.13. The summed E-state index contributed by atoms with van der Waals surface area (Å²) in [4.78, 5) is 16.1. The van der Waals surface area contributed by atoms with E-state index >= 15 is 0 Å². The predicted octanol–water partition coefficient (Wildman–Crippen LogP) is 1.79. The Labute approximate surface area is 149 Å². The molecule has 0 saturated carbocycles. The van der Waals surface area contributed by atoms with Crippen LogP contribution in [0.5, 0.6) is 0 Å². The molecular weight excluding hydrogens is 316 g/mol. The van der Waals surface area contributed by atoms with Crippen LogP contribution in [0.4, 0.5) is 0 Å². The first-order valence-electron chi connectivity index (χ1n) is 8.65. The minimum absolute atomic E-state index is 0.0377. The molecule has 0 unspecified atom stereocenters. The van der Waals surface area contributed by atoms with Gasteiger partial charge in [0.2, 0.25) is 0 Å². The van der Waals surface area contributed by atoms with Gasteiger partial charge in [0.1, 0.15) is 0 Å². The van der Waals surface area contributed by atoms with E-state index in [1.54, 1.807) is 19.0 Å². The minimum Gasteiger partial charge on any atom is -0.374 e. The van der Waals surface area contributed by atoms with Crippen molar-refractivity contribution in [3.05, 3.63) is 53.3 Å². The third kappa shape index (κ3) is 4.67. The number of hydrogen-bond acceptors (Lipinski definition) is 4. The summed E-state index contributed by atoms with van der Waals surface area (Å²) in [7, 11) is 3.55. The summed E-state index contributed by atoms with van der Waals surface area (Å²) < 4.78 is 7.83. The van der Waals surface area contributed by atoms with Gasteiger partial charge in [-0.05, 0) is 30.2 Å². The van der Waals surface area contributed by atoms with Crippen LogP contribution in [0.25, 0.3) is 0 Å². The van der Waals surface area contributed by atoms with Crippen molar-refractivity contribution in [2.24, 2.45) is 0 Å². The number of aryl methyl sites for hydroxylation is 1. The van der Waals surface area contributed by atoms with Gasteiger partial charge in [0.05, 0.1) is 25.5 Å². The van der Waals surface area contributed by atoms with Crippen molar-refractivity contribution in [3.8, 4) is 0 Å². The van der Waals surface area contributed by atoms with Crippen LogP contribution in [0, 0.1) is 6.92 Å². The number of morpholine rings is 1. The number of carbonyl (C=O) groups excluding carboxylic acids is 1. The average Bonchev–Trinajstić information content (AvgIpc) is 2.99. The van der Waals surface area contributed by atoms with Crippen molar-refractivity contribution in [2.45, 2.75) is 26.1 Å². The van der Waals surface area contributed by atoms with Gasteiger partial charge in [0.25, 0.3) is 5.91 Å². The molecule has 0 spiro atoms. The second kappa shape index (κ2) is 7.80. The summed E-state index contributed by atoms with van der Waals surface area (Å²) in [6.07, 6.45) is 4.05. The fourth-order valence-electron chi connectivity index (χ4n) is 3.13. The minimum atomic E-state index is 0.0377. The molecule has 1 fully saturated rings. The molecule has 134 valence electrons. The number of ether oxygens (including phenoxy) is 1. The Balaban J connectivity index is 1.61. The van der Waals surface area contributed by atoms with E-state index in [1.807, 2.05) is 42.2 Å². The van der Waals surface area contributed by atoms with Crippen LogP contribution in [0.15, 0.2) is 36.7 Å². The van der Waals surface area contributed by atoms with E-state index in [9.17, 15) is 4.79 Å². The summed E-state index contributed by atoms with van der Waals surface area (Å²) >= 11 is 0. The summed E-state index contributed by atoms with van der Waals surface area (Å²) in [5, 5.41) is 4.34. The SMILES string of the molecule is Cc1cnn(C[C@@H]2CN(Cc3cccc(C(=O)N(C)C)c3)CCO2)c1. The normalized spacial score (nSPS) is 18.3. The van der Waals surface area contributed by atoms with E-state index in [1.165, 1.54) is 0 Å². The molecule has 1 aromatic carbocycles. The van der Waals surface area contributed by atoms with Gasteiger partial charge in [-0.25, -0.2) is 0 Å². The highest BCUT2D eigenvalue weighted by atomic mass is 16.5. The summed E-state index contributed by atoms with van der Waals surface area (Å²) in [5.74, 6) is 0.0377. The molecule has 1 amide bonds. The van der Waals surface area contributed by atoms with Gasteiger partial charge in [-0.3, -0.25) is 14.4 Å². The number of benzene rings is 1. The lowest BCUT2D eigenvalue weighted by molar-refractivity contribution is -0.0402. The van der Waals surface area contributed by atoms with Crippen LogP contribution in [-0.4, -0.2) is 65.4 Å². The Morgan fingerprint density at radius 3 is 2.96 bits per heavy atom. The van der Waals surface area contributed by atoms with Crippen LogP contribution in [-0.2, 0) is 17.8 Å². The molecule has 2 heterocycles. The zero-order valence-corrected chi connectivity index (χ0v) is 15.2. The molecule has 3 rings (SSSR count). The van der Waals surface area contributed by atoms with Gasteiger partial charge in [0.15, 0.2) is 0 Å². The molecule has 0 N–H and O–H groups in total. The van der Waals surface area contributed by atoms with E-state index in [0.29, 0.717) is 0 Å². The maximum Gasteiger partial charge on any atom is 0.253 e. The van der Waals surface area contributed by atoms with Crippen molar-refractivity contribution in [3.63, 3.8) is 0 Å². The monoisotopic (exact) mass is 342 g/mol. The average molecular weight is 342 g/mol. The second-order valence-electron chi connectivity index (χ2n) is 6.87. The van der Waals surface area contributed by atoms with Crippen molar-refractivity contribution in [1.82, 2.24) is 19.6 Å². The first-order valence-corrected chi connectivity index (χ1v) is 8.65. The highest BCUT2D eigenvalue weighted by molar-refractivity contribution is 5.94. The van der Waals surface area contributed by atoms with Gasteiger partial charge in [-0.1, -0.05) is 12.1 Å². The Bertz CT molecular complexity index is 726. The lowest BCUT2D eigenvalue weighted by Gasteiger charge is -2.33. The topological polar surface area (TPSA) is 50.6 Å². The standard InChI is InChI=1S/C19H26N4O2/c1-15-10-20-23(11-15)14-18-13-22(7-8-25-18)12-16-5-4-6-17(9-16)19(24)21(2)3/h4-6,9-11,18H,7-8,12-14H2,1-3H3/t18-/m0/s1. The van der Waals surface area contributed by atoms with E-state index in [4.69, 9.17) is 4.74 Å². The zero-order valence-electron chi connectivity index (χ0n) is 15.2. The van der Waals surface area contributed by atoms with Gasteiger partial charge in [0, 0.05) is 45.5 Å². The zero-order chi connectivity index (χ0) is 17.8. The van der Waals surface area contributed by atoms with Crippen molar-refractivity contribution < 1.29 is 9.53 Å². The molecule has 25 heavy (non-hydrogen) atoms. The molecule has 0 aliphatic carbocycles. The van der Waals surface area contributed by atoms with Gasteiger partial charge in [-0.2, -0.15) is 5.10 Å². The maximum absolute atomic E-state index is 12.1. The quantitative estimate of drug-likeness (QED) is 0.831. The summed E-state index contributed by atoms with van der Waals surface area (Å²) in [6, 6.07) is 7.89. The van der Waals surface area contributed by atoms with Crippen LogP contribution < -0.4 is 0 Å². The maximum atomic E-state index is 12.1. The lowest BCUT2D eigenvalue weighted by atomic mass is 10.1. The van der Waals surface area contributed by atoms with E-state index < -0.39 is 0 Å². The molecule has 0 bridgehead atoms. The first-order chi connectivity index (χ1) is 12.0. The molecular formula is C19H26N4O2. The van der Waals surface area contributed by atoms with E-state index in [-0.39, 0.29) is 12.0 Å². The summed E-state index contributed by atoms with van der Waals surface area (Å²) in [6.45, 7) is 6.13. The van der Waals surface area contributed by atoms with Crippen LogP contribution >= 0.6 is 0 Å². The molecule has 1 saturated heterocycles. The second-order valence-corrected chi connectivity index (χ2v) is 6.87. The lowest BCUT2D eigenvalue weighted by Crippen LogP contribution is -2.43. The third-order valence-corrected chi connectivity index (χ3v) is 4.36. The summed E-state index contributed by atoms with van der Waals surface area (Å²) in [5.41, 5.74) is 3.05. The Morgan fingerprint density at radius 2 is 2.24 bits per heavy atom. The van der Waals surface area contributed by atoms with Gasteiger partial charge >= 0.3 is 0 Å². The van der Waals surface area contributed by atoms with Crippen LogP contribution in [0.3, 0.4) is 0 Å². The molecule has 1 atom stereocenters. The van der Waals surface area contributed by atoms with Crippen molar-refractivity contribution in [2.75, 3.05) is 33.8 Å². The van der Waals surface area contributed by atoms with E-state index in [0.717, 1.165) is 49.5 Å².